The summed E-state index contributed by atoms with van der Waals surface area (Å²) in [6, 6.07) is 13.2. The van der Waals surface area contributed by atoms with Gasteiger partial charge in [-0.05, 0) is 24.3 Å². The van der Waals surface area contributed by atoms with Gasteiger partial charge in [0.15, 0.2) is 5.82 Å². The maximum absolute atomic E-state index is 13.4. The number of nitrogens with zero attached hydrogens (tertiary/aromatic N) is 3. The largest absolute Gasteiger partial charge is 0.478 e. The Balaban J connectivity index is 2.14. The fourth-order valence-electron chi connectivity index (χ4n) is 2.03. The van der Waals surface area contributed by atoms with Gasteiger partial charge in [-0.1, -0.05) is 35.9 Å². The van der Waals surface area contributed by atoms with Gasteiger partial charge in [-0.15, -0.1) is 10.2 Å². The van der Waals surface area contributed by atoms with Gasteiger partial charge < -0.3 is 4.74 Å². The molecule has 0 aliphatic heterocycles. The van der Waals surface area contributed by atoms with Crippen LogP contribution in [-0.4, -0.2) is 22.3 Å². The van der Waals surface area contributed by atoms with Gasteiger partial charge in [-0.2, -0.15) is 0 Å². The zero-order valence-corrected chi connectivity index (χ0v) is 12.4. The molecule has 4 nitrogen and oxygen atoms in total. The smallest absolute Gasteiger partial charge is 0.260 e. The lowest BCUT2D eigenvalue weighted by molar-refractivity contribution is 0.391. The molecule has 1 aromatic heterocycles. The number of methoxy groups -OCH3 is 1. The molecule has 2 aromatic carbocycles. The second-order valence-corrected chi connectivity index (χ2v) is 4.95. The summed E-state index contributed by atoms with van der Waals surface area (Å²) in [5.74, 6) is 0.235. The van der Waals surface area contributed by atoms with Crippen molar-refractivity contribution in [3.8, 4) is 28.5 Å². The van der Waals surface area contributed by atoms with Crippen LogP contribution in [0.15, 0.2) is 48.5 Å². The van der Waals surface area contributed by atoms with Crippen molar-refractivity contribution in [3.63, 3.8) is 0 Å². The Morgan fingerprint density at radius 2 is 1.77 bits per heavy atom. The topological polar surface area (TPSA) is 47.9 Å². The first kappa shape index (κ1) is 14.4. The molecule has 0 N–H and O–H groups in total. The van der Waals surface area contributed by atoms with Crippen LogP contribution in [0.3, 0.4) is 0 Å². The molecule has 0 unspecified atom stereocenters. The third-order valence-electron chi connectivity index (χ3n) is 3.03. The second-order valence-electron chi connectivity index (χ2n) is 4.51. The van der Waals surface area contributed by atoms with Crippen molar-refractivity contribution in [2.45, 2.75) is 0 Å². The number of ether oxygens (including phenoxy) is 1. The molecule has 3 aromatic rings. The van der Waals surface area contributed by atoms with Crippen molar-refractivity contribution in [2.24, 2.45) is 0 Å². The summed E-state index contributed by atoms with van der Waals surface area (Å²) in [5, 5.41) is 8.57. The third kappa shape index (κ3) is 2.89. The predicted molar refractivity (Wildman–Crippen MR) is 82.2 cm³/mol. The minimum atomic E-state index is -0.360. The molecule has 0 radical (unpaired) electrons. The number of benzene rings is 2. The zero-order chi connectivity index (χ0) is 15.5. The van der Waals surface area contributed by atoms with Gasteiger partial charge in [-0.25, -0.2) is 9.37 Å². The lowest BCUT2D eigenvalue weighted by atomic mass is 10.1. The fraction of sp³-hybridized carbons (Fsp3) is 0.0625. The van der Waals surface area contributed by atoms with Crippen LogP contribution in [0.1, 0.15) is 0 Å². The van der Waals surface area contributed by atoms with Crippen molar-refractivity contribution in [2.75, 3.05) is 7.11 Å². The van der Waals surface area contributed by atoms with Crippen LogP contribution in [-0.2, 0) is 0 Å². The van der Waals surface area contributed by atoms with Crippen LogP contribution < -0.4 is 4.74 Å². The summed E-state index contributed by atoms with van der Waals surface area (Å²) in [6.45, 7) is 0. The summed E-state index contributed by atoms with van der Waals surface area (Å²) in [6.07, 6.45) is 0. The van der Waals surface area contributed by atoms with Crippen LogP contribution in [0.25, 0.3) is 22.6 Å². The first-order valence-electron chi connectivity index (χ1n) is 6.48. The van der Waals surface area contributed by atoms with E-state index >= 15 is 0 Å². The number of halogens is 2. The van der Waals surface area contributed by atoms with Gasteiger partial charge >= 0.3 is 0 Å². The van der Waals surface area contributed by atoms with Gasteiger partial charge in [0, 0.05) is 16.1 Å². The standard InChI is InChI=1S/C16H11ClFN3O/c1-22-16-14(10-4-2-6-12(17)8-10)19-15(20-21-16)11-5-3-7-13(18)9-11/h2-9H,1H3. The molecule has 0 saturated carbocycles. The maximum Gasteiger partial charge on any atom is 0.260 e. The van der Waals surface area contributed by atoms with E-state index in [-0.39, 0.29) is 11.7 Å². The number of aromatic nitrogens is 3. The van der Waals surface area contributed by atoms with E-state index in [1.165, 1.54) is 19.2 Å². The summed E-state index contributed by atoms with van der Waals surface area (Å²) >= 11 is 6.01. The van der Waals surface area contributed by atoms with Crippen molar-refractivity contribution in [1.82, 2.24) is 15.2 Å². The van der Waals surface area contributed by atoms with Crippen molar-refractivity contribution < 1.29 is 9.13 Å². The minimum Gasteiger partial charge on any atom is -0.478 e. The molecule has 0 saturated heterocycles. The molecule has 22 heavy (non-hydrogen) atoms. The van der Waals surface area contributed by atoms with Gasteiger partial charge in [0.1, 0.15) is 11.5 Å². The third-order valence-corrected chi connectivity index (χ3v) is 3.27. The van der Waals surface area contributed by atoms with Gasteiger partial charge in [0.05, 0.1) is 7.11 Å². The highest BCUT2D eigenvalue weighted by atomic mass is 35.5. The van der Waals surface area contributed by atoms with Crippen molar-refractivity contribution >= 4 is 11.6 Å². The Bertz CT molecular complexity index is 826. The molecule has 0 atom stereocenters. The van der Waals surface area contributed by atoms with Crippen LogP contribution in [0, 0.1) is 5.82 Å². The quantitative estimate of drug-likeness (QED) is 0.733. The molecular weight excluding hydrogens is 305 g/mol. The average Bonchev–Trinajstić information content (AvgIpc) is 2.54. The predicted octanol–water partition coefficient (Wildman–Crippen LogP) is 4.01. The SMILES string of the molecule is COc1nnc(-c2cccc(F)c2)nc1-c1cccc(Cl)c1. The Morgan fingerprint density at radius 3 is 2.50 bits per heavy atom. The number of rotatable bonds is 3. The van der Waals surface area contributed by atoms with E-state index in [4.69, 9.17) is 16.3 Å². The van der Waals surface area contributed by atoms with Crippen molar-refractivity contribution in [3.05, 3.63) is 59.4 Å². The first-order chi connectivity index (χ1) is 10.7. The molecule has 0 bridgehead atoms. The lowest BCUT2D eigenvalue weighted by Gasteiger charge is -2.08. The Kier molecular flexibility index (Phi) is 3.98. The molecule has 0 aliphatic carbocycles. The molecule has 6 heteroatoms. The molecular formula is C16H11ClFN3O. The van der Waals surface area contributed by atoms with Gasteiger partial charge in [0.25, 0.3) is 5.88 Å². The minimum absolute atomic E-state index is 0.280. The monoisotopic (exact) mass is 315 g/mol. The molecule has 3 rings (SSSR count). The lowest BCUT2D eigenvalue weighted by Crippen LogP contribution is -2.00. The van der Waals surface area contributed by atoms with E-state index in [1.54, 1.807) is 30.3 Å². The van der Waals surface area contributed by atoms with E-state index in [9.17, 15) is 4.39 Å². The normalized spacial score (nSPS) is 10.5. The molecule has 110 valence electrons. The average molecular weight is 316 g/mol. The molecule has 1 heterocycles. The van der Waals surface area contributed by atoms with E-state index in [2.05, 4.69) is 15.2 Å². The van der Waals surface area contributed by atoms with E-state index in [1.807, 2.05) is 6.07 Å². The Hall–Kier alpha value is -2.53. The van der Waals surface area contributed by atoms with Crippen LogP contribution >= 0.6 is 11.6 Å². The van der Waals surface area contributed by atoms with Crippen LogP contribution in [0.2, 0.25) is 5.02 Å². The van der Waals surface area contributed by atoms with Crippen molar-refractivity contribution in [1.29, 1.82) is 0 Å². The fourth-order valence-corrected chi connectivity index (χ4v) is 2.22. The Morgan fingerprint density at radius 1 is 1.00 bits per heavy atom. The maximum atomic E-state index is 13.4. The number of hydrogen-bond acceptors (Lipinski definition) is 4. The van der Waals surface area contributed by atoms with Gasteiger partial charge in [0.2, 0.25) is 0 Å². The summed E-state index contributed by atoms with van der Waals surface area (Å²) in [4.78, 5) is 4.44. The van der Waals surface area contributed by atoms with Gasteiger partial charge in [-0.3, -0.25) is 0 Å². The number of hydrogen-bond donors (Lipinski definition) is 0. The molecule has 0 aliphatic rings. The highest BCUT2D eigenvalue weighted by Crippen LogP contribution is 2.29. The highest BCUT2D eigenvalue weighted by Gasteiger charge is 2.13. The summed E-state index contributed by atoms with van der Waals surface area (Å²) in [7, 11) is 1.49. The second kappa shape index (κ2) is 6.07. The molecule has 0 spiro atoms. The van der Waals surface area contributed by atoms with E-state index in [0.717, 1.165) is 5.56 Å². The zero-order valence-electron chi connectivity index (χ0n) is 11.6. The van der Waals surface area contributed by atoms with Crippen LogP contribution in [0.4, 0.5) is 4.39 Å². The van der Waals surface area contributed by atoms with E-state index < -0.39 is 0 Å². The van der Waals surface area contributed by atoms with Crippen LogP contribution in [0.5, 0.6) is 5.88 Å². The summed E-state index contributed by atoms with van der Waals surface area (Å²) in [5.41, 5.74) is 1.79. The summed E-state index contributed by atoms with van der Waals surface area (Å²) < 4.78 is 18.6. The first-order valence-corrected chi connectivity index (χ1v) is 6.86. The highest BCUT2D eigenvalue weighted by molar-refractivity contribution is 6.30. The molecule has 0 fully saturated rings. The Labute approximate surface area is 131 Å². The van der Waals surface area contributed by atoms with E-state index in [0.29, 0.717) is 22.1 Å². The molecule has 0 amide bonds.